The largest absolute Gasteiger partial charge is 1.00 e. The van der Waals surface area contributed by atoms with Gasteiger partial charge >= 0.3 is 5.97 Å². The number of carbonyl (C=O) groups is 2. The first-order valence-electron chi connectivity index (χ1n) is 10.9. The quantitative estimate of drug-likeness (QED) is 0.125. The molecule has 0 aliphatic heterocycles. The molecule has 1 atom stereocenters. The summed E-state index contributed by atoms with van der Waals surface area (Å²) in [5.74, 6) is -0.674. The number of benzene rings is 3. The van der Waals surface area contributed by atoms with E-state index in [4.69, 9.17) is 10.5 Å². The average Bonchev–Trinajstić information content (AvgIpc) is 2.88. The molecule has 1 amide bonds. The minimum Gasteiger partial charge on any atom is -1.00 e. The van der Waals surface area contributed by atoms with Gasteiger partial charge in [0, 0.05) is 12.2 Å². The summed E-state index contributed by atoms with van der Waals surface area (Å²) in [6.07, 6.45) is 1.55. The van der Waals surface area contributed by atoms with Gasteiger partial charge in [0.25, 0.3) is 0 Å². The maximum atomic E-state index is 12.1. The van der Waals surface area contributed by atoms with Gasteiger partial charge in [0.2, 0.25) is 5.91 Å². The molecule has 0 saturated heterocycles. The molecule has 0 spiro atoms. The molecule has 3 N–H and O–H groups in total. The zero-order valence-electron chi connectivity index (χ0n) is 18.8. The summed E-state index contributed by atoms with van der Waals surface area (Å²) in [5.41, 5.74) is 5.60. The van der Waals surface area contributed by atoms with Crippen molar-refractivity contribution in [3.63, 3.8) is 0 Å². The maximum absolute atomic E-state index is 12.1. The van der Waals surface area contributed by atoms with Crippen molar-refractivity contribution in [3.05, 3.63) is 91.0 Å². The number of amides is 1. The number of esters is 1. The molecule has 8 heteroatoms. The van der Waals surface area contributed by atoms with Crippen molar-refractivity contribution in [2.75, 3.05) is 25.1 Å². The van der Waals surface area contributed by atoms with E-state index < -0.39 is 25.2 Å². The molecular weight excluding hydrogens is 531 g/mol. The summed E-state index contributed by atoms with van der Waals surface area (Å²) in [4.78, 5) is 23.8. The molecule has 0 heterocycles. The Kier molecular flexibility index (Phi) is 11.8. The predicted molar refractivity (Wildman–Crippen MR) is 140 cm³/mol. The highest BCUT2D eigenvalue weighted by Gasteiger charge is 2.44. The first kappa shape index (κ1) is 28.1. The van der Waals surface area contributed by atoms with E-state index in [1.165, 1.54) is 15.9 Å². The molecule has 3 rings (SSSR count). The fourth-order valence-corrected chi connectivity index (χ4v) is 8.28. The van der Waals surface area contributed by atoms with E-state index in [9.17, 15) is 9.59 Å². The molecule has 1 unspecified atom stereocenters. The third kappa shape index (κ3) is 7.16. The van der Waals surface area contributed by atoms with Gasteiger partial charge in [-0.3, -0.25) is 9.59 Å². The van der Waals surface area contributed by atoms with Crippen LogP contribution in [0.3, 0.4) is 0 Å². The third-order valence-corrected chi connectivity index (χ3v) is 10.4. The van der Waals surface area contributed by atoms with Crippen LogP contribution in [-0.2, 0) is 14.3 Å². The van der Waals surface area contributed by atoms with Gasteiger partial charge < -0.3 is 32.8 Å². The molecule has 0 aliphatic carbocycles. The molecule has 0 saturated carbocycles. The van der Waals surface area contributed by atoms with E-state index in [-0.39, 0.29) is 35.9 Å². The highest BCUT2D eigenvalue weighted by molar-refractivity contribution is 7.95. The van der Waals surface area contributed by atoms with Crippen LogP contribution in [0.2, 0.25) is 0 Å². The summed E-state index contributed by atoms with van der Waals surface area (Å²) < 4.78 is 5.41. The summed E-state index contributed by atoms with van der Waals surface area (Å²) in [6.45, 7) is 0.0816. The number of hydrogen-bond acceptors (Lipinski definition) is 5. The molecule has 0 radical (unpaired) electrons. The monoisotopic (exact) mass is 560 g/mol. The van der Waals surface area contributed by atoms with Crippen molar-refractivity contribution >= 4 is 47.7 Å². The first-order chi connectivity index (χ1) is 16.1. The summed E-state index contributed by atoms with van der Waals surface area (Å²) in [5, 5.41) is 6.37. The summed E-state index contributed by atoms with van der Waals surface area (Å²) in [6, 6.07) is 31.0. The predicted octanol–water partition coefficient (Wildman–Crippen LogP) is -0.709. The fraction of sp³-hybridized carbons (Fsp3) is 0.231. The molecular formula is C26H30BrN2O3PS. The lowest BCUT2D eigenvalue weighted by atomic mass is 10.3. The zero-order chi connectivity index (χ0) is 23.5. The first-order valence-corrected chi connectivity index (χ1v) is 13.5. The Hall–Kier alpha value is -2.18. The molecule has 180 valence electrons. The number of nitrogens with two attached hydrogens (primary N) is 1. The summed E-state index contributed by atoms with van der Waals surface area (Å²) >= 11 is 3.99. The Bertz CT molecular complexity index is 929. The van der Waals surface area contributed by atoms with Crippen LogP contribution >= 0.6 is 19.9 Å². The minimum atomic E-state index is -1.95. The standard InChI is InChI=1S/C26H29N2O3PS.BrH/c27-24(20-33)26(30)28-19-25(29)31-17-10-18-32(21-11-4-1-5-12-21,22-13-6-2-7-14-22)23-15-8-3-9-16-23;/h1-9,11-16,24H,10,17-20,27H2,(H-,28,30,33);1H. The Morgan fingerprint density at radius 1 is 0.853 bits per heavy atom. The smallest absolute Gasteiger partial charge is 0.325 e. The maximum Gasteiger partial charge on any atom is 0.325 e. The van der Waals surface area contributed by atoms with Gasteiger partial charge in [0.15, 0.2) is 0 Å². The van der Waals surface area contributed by atoms with Crippen molar-refractivity contribution in [3.8, 4) is 0 Å². The number of ether oxygens (including phenoxy) is 1. The topological polar surface area (TPSA) is 81.4 Å². The minimum absolute atomic E-state index is 0. The van der Waals surface area contributed by atoms with Gasteiger partial charge in [0.05, 0.1) is 18.8 Å². The SMILES string of the molecule is NC(CS)C(=O)NCC(=O)OCCC[P+](c1ccccc1)(c1ccccc1)c1ccccc1.[Br-]. The second-order valence-corrected chi connectivity index (χ2v) is 11.6. The van der Waals surface area contributed by atoms with Crippen LogP contribution in [0.5, 0.6) is 0 Å². The van der Waals surface area contributed by atoms with E-state index in [2.05, 4.69) is 90.7 Å². The van der Waals surface area contributed by atoms with Crippen molar-refractivity contribution in [1.29, 1.82) is 0 Å². The van der Waals surface area contributed by atoms with Crippen LogP contribution in [0.1, 0.15) is 6.42 Å². The van der Waals surface area contributed by atoms with Gasteiger partial charge in [0.1, 0.15) is 29.7 Å². The van der Waals surface area contributed by atoms with Crippen molar-refractivity contribution in [2.45, 2.75) is 12.5 Å². The molecule has 0 aromatic heterocycles. The van der Waals surface area contributed by atoms with E-state index in [1.54, 1.807) is 0 Å². The number of carbonyl (C=O) groups excluding carboxylic acids is 2. The summed E-state index contributed by atoms with van der Waals surface area (Å²) in [7, 11) is -1.95. The number of hydrogen-bond donors (Lipinski definition) is 3. The highest BCUT2D eigenvalue weighted by Crippen LogP contribution is 2.55. The number of nitrogens with one attached hydrogen (secondary N) is 1. The van der Waals surface area contributed by atoms with Crippen LogP contribution in [0.25, 0.3) is 0 Å². The van der Waals surface area contributed by atoms with Gasteiger partial charge in [-0.1, -0.05) is 54.6 Å². The van der Waals surface area contributed by atoms with Crippen LogP contribution < -0.4 is 43.9 Å². The highest BCUT2D eigenvalue weighted by atomic mass is 79.9. The molecule has 0 fully saturated rings. The molecule has 0 aliphatic rings. The molecule has 3 aromatic carbocycles. The Morgan fingerprint density at radius 2 is 1.29 bits per heavy atom. The second-order valence-electron chi connectivity index (χ2n) is 7.62. The van der Waals surface area contributed by atoms with Gasteiger partial charge in [-0.25, -0.2) is 0 Å². The molecule has 34 heavy (non-hydrogen) atoms. The van der Waals surface area contributed by atoms with Gasteiger partial charge in [-0.05, 0) is 36.4 Å². The van der Waals surface area contributed by atoms with Crippen molar-refractivity contribution < 1.29 is 31.3 Å². The van der Waals surface area contributed by atoms with Crippen LogP contribution in [0, 0.1) is 0 Å². The molecule has 3 aromatic rings. The van der Waals surface area contributed by atoms with E-state index >= 15 is 0 Å². The van der Waals surface area contributed by atoms with Crippen molar-refractivity contribution in [1.82, 2.24) is 5.32 Å². The number of rotatable bonds is 11. The number of halogens is 1. The van der Waals surface area contributed by atoms with Gasteiger partial charge in [-0.15, -0.1) is 0 Å². The lowest BCUT2D eigenvalue weighted by Crippen LogP contribution is -3.00. The number of thiol groups is 1. The normalized spacial score (nSPS) is 11.7. The Balaban J connectivity index is 0.00000408. The van der Waals surface area contributed by atoms with Gasteiger partial charge in [-0.2, -0.15) is 12.6 Å². The molecule has 0 bridgehead atoms. The lowest BCUT2D eigenvalue weighted by Gasteiger charge is -2.27. The van der Waals surface area contributed by atoms with Crippen LogP contribution in [0.4, 0.5) is 0 Å². The molecule has 5 nitrogen and oxygen atoms in total. The average molecular weight is 561 g/mol. The van der Waals surface area contributed by atoms with Crippen LogP contribution in [0.15, 0.2) is 91.0 Å². The van der Waals surface area contributed by atoms with Crippen molar-refractivity contribution in [2.24, 2.45) is 5.73 Å². The second kappa shape index (κ2) is 14.3. The Labute approximate surface area is 218 Å². The lowest BCUT2D eigenvalue weighted by molar-refractivity contribution is -0.144. The third-order valence-electron chi connectivity index (χ3n) is 5.43. The van der Waals surface area contributed by atoms with E-state index in [0.29, 0.717) is 6.42 Å². The van der Waals surface area contributed by atoms with E-state index in [1.807, 2.05) is 18.2 Å². The van der Waals surface area contributed by atoms with E-state index in [0.717, 1.165) is 6.16 Å². The fourth-order valence-electron chi connectivity index (χ4n) is 3.79. The zero-order valence-corrected chi connectivity index (χ0v) is 22.2. The Morgan fingerprint density at radius 3 is 1.71 bits per heavy atom. The van der Waals surface area contributed by atoms with Crippen LogP contribution in [-0.4, -0.2) is 43.0 Å².